The zero-order valence-corrected chi connectivity index (χ0v) is 16.1. The maximum atomic E-state index is 12.2. The minimum atomic E-state index is -0.280. The zero-order chi connectivity index (χ0) is 19.1. The normalized spacial score (nSPS) is 17.6. The maximum Gasteiger partial charge on any atom is 0.269 e. The van der Waals surface area contributed by atoms with E-state index in [2.05, 4.69) is 16.2 Å². The van der Waals surface area contributed by atoms with Crippen LogP contribution in [0.2, 0.25) is 0 Å². The summed E-state index contributed by atoms with van der Waals surface area (Å²) < 4.78 is 5.33. The molecule has 2 saturated heterocycles. The van der Waals surface area contributed by atoms with E-state index in [9.17, 15) is 9.59 Å². The highest BCUT2D eigenvalue weighted by molar-refractivity contribution is 7.80. The lowest BCUT2D eigenvalue weighted by Gasteiger charge is -2.24. The second-order valence-corrected chi connectivity index (χ2v) is 7.05. The number of anilines is 1. The number of carbonyl (C=O) groups excluding carboxylic acids is 2. The molecule has 2 fully saturated rings. The number of benzene rings is 1. The molecule has 1 aromatic carbocycles. The Balaban J connectivity index is 1.38. The first-order valence-corrected chi connectivity index (χ1v) is 9.70. The molecule has 27 heavy (non-hydrogen) atoms. The molecule has 0 saturated carbocycles. The Kier molecular flexibility index (Phi) is 6.97. The number of ether oxygens (including phenoxy) is 1. The summed E-state index contributed by atoms with van der Waals surface area (Å²) in [5.74, 6) is -0.151. The SMILES string of the molecule is O=C(NNC(=S)NCC[NH+]1CCOCC1)c1ccc(N2CCCC2=O)cc1. The average molecular weight is 393 g/mol. The van der Waals surface area contributed by atoms with Gasteiger partial charge >= 0.3 is 0 Å². The second-order valence-electron chi connectivity index (χ2n) is 6.64. The average Bonchev–Trinajstić information content (AvgIpc) is 3.13. The number of carbonyl (C=O) groups is 2. The molecule has 4 N–H and O–H groups in total. The van der Waals surface area contributed by atoms with Crippen LogP contribution < -0.4 is 26.0 Å². The monoisotopic (exact) mass is 392 g/mol. The fourth-order valence-electron chi connectivity index (χ4n) is 3.21. The van der Waals surface area contributed by atoms with Gasteiger partial charge in [-0.15, -0.1) is 0 Å². The Hall–Kier alpha value is -2.23. The zero-order valence-electron chi connectivity index (χ0n) is 15.3. The third-order valence-corrected chi connectivity index (χ3v) is 5.01. The van der Waals surface area contributed by atoms with Gasteiger partial charge in [-0.05, 0) is 42.9 Å². The van der Waals surface area contributed by atoms with Crippen LogP contribution in [-0.4, -0.2) is 62.9 Å². The molecule has 2 heterocycles. The Bertz CT molecular complexity index is 676. The maximum absolute atomic E-state index is 12.2. The molecular weight excluding hydrogens is 366 g/mol. The number of hydrazine groups is 1. The van der Waals surface area contributed by atoms with Gasteiger partial charge in [0.1, 0.15) is 13.1 Å². The number of hydrogen-bond acceptors (Lipinski definition) is 4. The molecule has 0 atom stereocenters. The molecular formula is C18H26N5O3S+. The van der Waals surface area contributed by atoms with Gasteiger partial charge in [0.05, 0.1) is 26.3 Å². The first-order chi connectivity index (χ1) is 13.1. The van der Waals surface area contributed by atoms with Gasteiger partial charge in [-0.3, -0.25) is 20.4 Å². The predicted molar refractivity (Wildman–Crippen MR) is 106 cm³/mol. The molecule has 0 spiro atoms. The summed E-state index contributed by atoms with van der Waals surface area (Å²) in [6.07, 6.45) is 1.46. The van der Waals surface area contributed by atoms with Crippen molar-refractivity contribution in [1.29, 1.82) is 0 Å². The number of hydrogen-bond donors (Lipinski definition) is 4. The van der Waals surface area contributed by atoms with Gasteiger partial charge in [-0.1, -0.05) is 0 Å². The van der Waals surface area contributed by atoms with Crippen LogP contribution in [0.15, 0.2) is 24.3 Å². The van der Waals surface area contributed by atoms with Gasteiger partial charge in [0, 0.05) is 24.2 Å². The van der Waals surface area contributed by atoms with Crippen LogP contribution in [-0.2, 0) is 9.53 Å². The number of amides is 2. The largest absolute Gasteiger partial charge is 0.370 e. The van der Waals surface area contributed by atoms with E-state index >= 15 is 0 Å². The van der Waals surface area contributed by atoms with Gasteiger partial charge in [0.2, 0.25) is 5.91 Å². The smallest absolute Gasteiger partial charge is 0.269 e. The van der Waals surface area contributed by atoms with Gasteiger partial charge in [-0.2, -0.15) is 0 Å². The summed E-state index contributed by atoms with van der Waals surface area (Å²) in [5.41, 5.74) is 6.63. The molecule has 2 amide bonds. The summed E-state index contributed by atoms with van der Waals surface area (Å²) in [5, 5.41) is 3.47. The topological polar surface area (TPSA) is 87.1 Å². The summed E-state index contributed by atoms with van der Waals surface area (Å²) in [7, 11) is 0. The van der Waals surface area contributed by atoms with E-state index in [1.54, 1.807) is 29.2 Å². The van der Waals surface area contributed by atoms with E-state index in [1.807, 2.05) is 0 Å². The summed E-state index contributed by atoms with van der Waals surface area (Å²) in [6, 6.07) is 6.99. The number of quaternary nitrogens is 1. The Morgan fingerprint density at radius 3 is 2.59 bits per heavy atom. The highest BCUT2D eigenvalue weighted by Crippen LogP contribution is 2.21. The molecule has 1 aromatic rings. The van der Waals surface area contributed by atoms with E-state index in [1.165, 1.54) is 4.90 Å². The molecule has 3 rings (SSSR count). The van der Waals surface area contributed by atoms with Crippen LogP contribution in [0.3, 0.4) is 0 Å². The number of thiocarbonyl (C=S) groups is 1. The van der Waals surface area contributed by atoms with E-state index in [4.69, 9.17) is 17.0 Å². The first-order valence-electron chi connectivity index (χ1n) is 9.29. The lowest BCUT2D eigenvalue weighted by atomic mass is 10.2. The van der Waals surface area contributed by atoms with Crippen molar-refractivity contribution >= 4 is 34.8 Å². The van der Waals surface area contributed by atoms with Gasteiger partial charge in [0.25, 0.3) is 5.91 Å². The van der Waals surface area contributed by atoms with Crippen molar-refractivity contribution in [1.82, 2.24) is 16.2 Å². The summed E-state index contributed by atoms with van der Waals surface area (Å²) in [4.78, 5) is 27.2. The fourth-order valence-corrected chi connectivity index (χ4v) is 3.36. The van der Waals surface area contributed by atoms with Crippen LogP contribution in [0.25, 0.3) is 0 Å². The van der Waals surface area contributed by atoms with E-state index in [0.717, 1.165) is 58.0 Å². The van der Waals surface area contributed by atoms with Crippen molar-refractivity contribution in [2.45, 2.75) is 12.8 Å². The van der Waals surface area contributed by atoms with Crippen molar-refractivity contribution in [3.05, 3.63) is 29.8 Å². The summed E-state index contributed by atoms with van der Waals surface area (Å²) >= 11 is 5.18. The third-order valence-electron chi connectivity index (χ3n) is 4.77. The Morgan fingerprint density at radius 2 is 1.93 bits per heavy atom. The molecule has 0 radical (unpaired) electrons. The van der Waals surface area contributed by atoms with Gasteiger partial charge in [0.15, 0.2) is 5.11 Å². The van der Waals surface area contributed by atoms with E-state index in [0.29, 0.717) is 17.1 Å². The molecule has 9 heteroatoms. The molecule has 0 aromatic heterocycles. The van der Waals surface area contributed by atoms with E-state index < -0.39 is 0 Å². The Morgan fingerprint density at radius 1 is 1.19 bits per heavy atom. The van der Waals surface area contributed by atoms with Crippen LogP contribution in [0.4, 0.5) is 5.69 Å². The third kappa shape index (κ3) is 5.62. The molecule has 8 nitrogen and oxygen atoms in total. The van der Waals surface area contributed by atoms with Crippen molar-refractivity contribution in [3.8, 4) is 0 Å². The number of rotatable bonds is 5. The van der Waals surface area contributed by atoms with Crippen molar-refractivity contribution < 1.29 is 19.2 Å². The predicted octanol–water partition coefficient (Wildman–Crippen LogP) is -1.16. The van der Waals surface area contributed by atoms with Crippen molar-refractivity contribution in [3.63, 3.8) is 0 Å². The van der Waals surface area contributed by atoms with Crippen molar-refractivity contribution in [2.24, 2.45) is 0 Å². The van der Waals surface area contributed by atoms with Crippen LogP contribution in [0.1, 0.15) is 23.2 Å². The van der Waals surface area contributed by atoms with Gasteiger partial charge in [-0.25, -0.2) is 0 Å². The fraction of sp³-hybridized carbons (Fsp3) is 0.500. The van der Waals surface area contributed by atoms with E-state index in [-0.39, 0.29) is 11.8 Å². The molecule has 0 aliphatic carbocycles. The molecule has 2 aliphatic heterocycles. The number of morpholine rings is 1. The van der Waals surface area contributed by atoms with Crippen LogP contribution in [0, 0.1) is 0 Å². The van der Waals surface area contributed by atoms with Crippen LogP contribution in [0.5, 0.6) is 0 Å². The molecule has 146 valence electrons. The highest BCUT2D eigenvalue weighted by Gasteiger charge is 2.21. The molecule has 0 unspecified atom stereocenters. The molecule has 2 aliphatic rings. The summed E-state index contributed by atoms with van der Waals surface area (Å²) in [6.45, 7) is 6.05. The first kappa shape index (κ1) is 19.5. The van der Waals surface area contributed by atoms with Crippen LogP contribution >= 0.6 is 12.2 Å². The lowest BCUT2D eigenvalue weighted by molar-refractivity contribution is -0.906. The highest BCUT2D eigenvalue weighted by atomic mass is 32.1. The number of nitrogens with one attached hydrogen (secondary N) is 4. The van der Waals surface area contributed by atoms with Crippen molar-refractivity contribution in [2.75, 3.05) is 50.8 Å². The minimum absolute atomic E-state index is 0.129. The van der Waals surface area contributed by atoms with Gasteiger partial charge < -0.3 is 19.9 Å². The second kappa shape index (κ2) is 9.63. The lowest BCUT2D eigenvalue weighted by Crippen LogP contribution is -3.14. The quantitative estimate of drug-likeness (QED) is 0.374. The standard InChI is InChI=1S/C18H25N5O3S/c24-16-2-1-8-23(16)15-5-3-14(4-6-15)17(25)20-21-18(27)19-7-9-22-10-12-26-13-11-22/h3-6H,1-2,7-13H2,(H,20,25)(H2,19,21,27)/p+1. The minimum Gasteiger partial charge on any atom is -0.370 e. The Labute approximate surface area is 164 Å². The molecule has 0 bridgehead atoms. The number of nitrogens with zero attached hydrogens (tertiary/aromatic N) is 1.